The van der Waals surface area contributed by atoms with E-state index < -0.39 is 0 Å². The number of H-pyrrole nitrogens is 1. The van der Waals surface area contributed by atoms with Crippen LogP contribution in [0.4, 0.5) is 0 Å². The lowest BCUT2D eigenvalue weighted by atomic mass is 10.2. The van der Waals surface area contributed by atoms with Gasteiger partial charge in [-0.2, -0.15) is 0 Å². The fourth-order valence-corrected chi connectivity index (χ4v) is 3.32. The van der Waals surface area contributed by atoms with Gasteiger partial charge in [0.2, 0.25) is 5.91 Å². The number of amides is 1. The number of benzene rings is 1. The first-order valence-corrected chi connectivity index (χ1v) is 9.16. The highest BCUT2D eigenvalue weighted by molar-refractivity contribution is 8.00. The molecule has 1 aromatic heterocycles. The van der Waals surface area contributed by atoms with Gasteiger partial charge in [0, 0.05) is 26.8 Å². The first-order valence-electron chi connectivity index (χ1n) is 8.28. The minimum absolute atomic E-state index is 0.0600. The fourth-order valence-electron chi connectivity index (χ4n) is 2.31. The molecule has 1 unspecified atom stereocenters. The molecule has 0 aliphatic heterocycles. The molecule has 25 heavy (non-hydrogen) atoms. The van der Waals surface area contributed by atoms with Gasteiger partial charge in [0.15, 0.2) is 5.16 Å². The predicted molar refractivity (Wildman–Crippen MR) is 97.6 cm³/mol. The zero-order chi connectivity index (χ0) is 18.1. The highest BCUT2D eigenvalue weighted by Gasteiger charge is 2.21. The molecule has 0 bridgehead atoms. The second-order valence-corrected chi connectivity index (χ2v) is 6.70. The minimum Gasteiger partial charge on any atom is -0.385 e. The monoisotopic (exact) mass is 364 g/mol. The average Bonchev–Trinajstić information content (AvgIpc) is 2.98. The molecule has 0 saturated heterocycles. The van der Waals surface area contributed by atoms with Gasteiger partial charge in [-0.25, -0.2) is 9.89 Å². The van der Waals surface area contributed by atoms with E-state index in [1.165, 1.54) is 11.8 Å². The maximum Gasteiger partial charge on any atom is 0.343 e. The lowest BCUT2D eigenvalue weighted by Gasteiger charge is -2.14. The Hall–Kier alpha value is -2.06. The van der Waals surface area contributed by atoms with Crippen molar-refractivity contribution >= 4 is 17.7 Å². The van der Waals surface area contributed by atoms with Crippen LogP contribution in [0.2, 0.25) is 0 Å². The lowest BCUT2D eigenvalue weighted by molar-refractivity contribution is -0.120. The van der Waals surface area contributed by atoms with Crippen LogP contribution in [0.25, 0.3) is 0 Å². The van der Waals surface area contributed by atoms with Gasteiger partial charge in [0.05, 0.1) is 5.25 Å². The molecule has 0 saturated carbocycles. The number of methoxy groups -OCH3 is 1. The van der Waals surface area contributed by atoms with Crippen LogP contribution in [0.3, 0.4) is 0 Å². The average molecular weight is 364 g/mol. The van der Waals surface area contributed by atoms with Gasteiger partial charge in [0.25, 0.3) is 0 Å². The minimum atomic E-state index is -0.305. The molecule has 1 heterocycles. The van der Waals surface area contributed by atoms with E-state index in [-0.39, 0.29) is 16.8 Å². The zero-order valence-electron chi connectivity index (χ0n) is 14.5. The molecule has 7 nitrogen and oxygen atoms in total. The Kier molecular flexibility index (Phi) is 7.75. The first kappa shape index (κ1) is 19.3. The third kappa shape index (κ3) is 5.75. The molecule has 0 radical (unpaired) electrons. The Balaban J connectivity index is 1.96. The third-order valence-electron chi connectivity index (χ3n) is 3.67. The summed E-state index contributed by atoms with van der Waals surface area (Å²) in [5, 5.41) is 9.67. The number of hydrogen-bond acceptors (Lipinski definition) is 5. The number of carbonyl (C=O) groups excluding carboxylic acids is 1. The number of aromatic amines is 1. The van der Waals surface area contributed by atoms with Crippen molar-refractivity contribution in [2.45, 2.75) is 43.3 Å². The number of ether oxygens (including phenoxy) is 1. The van der Waals surface area contributed by atoms with E-state index in [0.29, 0.717) is 37.7 Å². The molecular weight excluding hydrogens is 340 g/mol. The van der Waals surface area contributed by atoms with E-state index in [4.69, 9.17) is 4.74 Å². The van der Waals surface area contributed by atoms with Crippen molar-refractivity contribution in [1.29, 1.82) is 0 Å². The number of hydrogen-bond donors (Lipinski definition) is 2. The predicted octanol–water partition coefficient (Wildman–Crippen LogP) is 1.79. The lowest BCUT2D eigenvalue weighted by Crippen LogP contribution is -2.32. The van der Waals surface area contributed by atoms with Crippen molar-refractivity contribution in [2.75, 3.05) is 13.7 Å². The van der Waals surface area contributed by atoms with E-state index in [1.54, 1.807) is 11.7 Å². The Morgan fingerprint density at radius 1 is 1.40 bits per heavy atom. The van der Waals surface area contributed by atoms with Crippen LogP contribution >= 0.6 is 11.8 Å². The molecule has 0 aliphatic rings. The van der Waals surface area contributed by atoms with Crippen molar-refractivity contribution in [3.05, 3.63) is 46.4 Å². The topological polar surface area (TPSA) is 89.0 Å². The van der Waals surface area contributed by atoms with E-state index in [1.807, 2.05) is 37.3 Å². The van der Waals surface area contributed by atoms with Crippen LogP contribution in [-0.4, -0.2) is 39.6 Å². The largest absolute Gasteiger partial charge is 0.385 e. The number of nitrogens with one attached hydrogen (secondary N) is 2. The molecule has 2 rings (SSSR count). The van der Waals surface area contributed by atoms with Crippen LogP contribution in [0.5, 0.6) is 0 Å². The van der Waals surface area contributed by atoms with Crippen molar-refractivity contribution < 1.29 is 9.53 Å². The number of thioether (sulfide) groups is 1. The van der Waals surface area contributed by atoms with Crippen LogP contribution in [-0.2, 0) is 22.6 Å². The van der Waals surface area contributed by atoms with Gasteiger partial charge in [-0.1, -0.05) is 49.0 Å². The summed E-state index contributed by atoms with van der Waals surface area (Å²) in [6.07, 6.45) is 1.35. The summed E-state index contributed by atoms with van der Waals surface area (Å²) in [5.74, 6) is -0.0600. The Morgan fingerprint density at radius 2 is 2.16 bits per heavy atom. The summed E-state index contributed by atoms with van der Waals surface area (Å²) < 4.78 is 6.57. The maximum atomic E-state index is 12.5. The molecule has 136 valence electrons. The van der Waals surface area contributed by atoms with Gasteiger partial charge in [-0.3, -0.25) is 9.36 Å². The van der Waals surface area contributed by atoms with Gasteiger partial charge in [0.1, 0.15) is 0 Å². The summed E-state index contributed by atoms with van der Waals surface area (Å²) in [6, 6.07) is 9.76. The van der Waals surface area contributed by atoms with Crippen molar-refractivity contribution in [3.63, 3.8) is 0 Å². The number of carbonyl (C=O) groups is 1. The van der Waals surface area contributed by atoms with Crippen molar-refractivity contribution in [3.8, 4) is 0 Å². The molecule has 1 atom stereocenters. The smallest absolute Gasteiger partial charge is 0.343 e. The van der Waals surface area contributed by atoms with Crippen molar-refractivity contribution in [2.24, 2.45) is 0 Å². The summed E-state index contributed by atoms with van der Waals surface area (Å²) in [5.41, 5.74) is 0.782. The second kappa shape index (κ2) is 10.0. The van der Waals surface area contributed by atoms with Crippen LogP contribution in [0, 0.1) is 0 Å². The Bertz CT molecular complexity index is 714. The van der Waals surface area contributed by atoms with E-state index in [9.17, 15) is 9.59 Å². The normalized spacial score (nSPS) is 12.1. The number of nitrogens with zero attached hydrogens (tertiary/aromatic N) is 2. The van der Waals surface area contributed by atoms with Crippen LogP contribution in [0.15, 0.2) is 40.3 Å². The molecular formula is C17H24N4O3S. The van der Waals surface area contributed by atoms with Crippen LogP contribution in [0.1, 0.15) is 25.3 Å². The van der Waals surface area contributed by atoms with E-state index in [2.05, 4.69) is 15.5 Å². The summed E-state index contributed by atoms with van der Waals surface area (Å²) in [7, 11) is 1.62. The first-order chi connectivity index (χ1) is 12.2. The van der Waals surface area contributed by atoms with Gasteiger partial charge in [-0.15, -0.1) is 5.10 Å². The highest BCUT2D eigenvalue weighted by atomic mass is 32.2. The molecule has 2 N–H and O–H groups in total. The number of rotatable bonds is 10. The number of aromatic nitrogens is 3. The quantitative estimate of drug-likeness (QED) is 0.496. The molecule has 2 aromatic rings. The van der Waals surface area contributed by atoms with E-state index in [0.717, 1.165) is 5.56 Å². The standard InChI is InChI=1S/C17H24N4O3S/c1-3-14(15(22)18-12-13-8-5-4-6-9-13)25-17-20-19-16(23)21(17)10-7-11-24-2/h4-6,8-9,14H,3,7,10-12H2,1-2H3,(H,18,22)(H,19,23). The molecule has 0 spiro atoms. The van der Waals surface area contributed by atoms with E-state index >= 15 is 0 Å². The summed E-state index contributed by atoms with van der Waals surface area (Å²) in [4.78, 5) is 24.3. The molecule has 8 heteroatoms. The fraction of sp³-hybridized carbons (Fsp3) is 0.471. The molecule has 0 aliphatic carbocycles. The Morgan fingerprint density at radius 3 is 2.84 bits per heavy atom. The van der Waals surface area contributed by atoms with Gasteiger partial charge < -0.3 is 10.1 Å². The maximum absolute atomic E-state index is 12.5. The SMILES string of the molecule is CCC(Sc1n[nH]c(=O)n1CCCOC)C(=O)NCc1ccccc1. The zero-order valence-corrected chi connectivity index (χ0v) is 15.3. The van der Waals surface area contributed by atoms with Gasteiger partial charge >= 0.3 is 5.69 Å². The summed E-state index contributed by atoms with van der Waals surface area (Å²) >= 11 is 1.31. The second-order valence-electron chi connectivity index (χ2n) is 5.53. The van der Waals surface area contributed by atoms with Crippen molar-refractivity contribution in [1.82, 2.24) is 20.1 Å². The Labute approximate surface area is 151 Å². The molecule has 1 amide bonds. The van der Waals surface area contributed by atoms with Gasteiger partial charge in [-0.05, 0) is 18.4 Å². The third-order valence-corrected chi connectivity index (χ3v) is 5.03. The summed E-state index contributed by atoms with van der Waals surface area (Å²) in [6.45, 7) is 3.50. The molecule has 1 aromatic carbocycles. The van der Waals surface area contributed by atoms with Crippen LogP contribution < -0.4 is 11.0 Å². The highest BCUT2D eigenvalue weighted by Crippen LogP contribution is 2.23. The molecule has 0 fully saturated rings.